The van der Waals surface area contributed by atoms with Gasteiger partial charge < -0.3 is 9.47 Å². The number of fused-ring (bicyclic) bond motifs is 1. The van der Waals surface area contributed by atoms with Crippen LogP contribution in [0.25, 0.3) is 0 Å². The van der Waals surface area contributed by atoms with Crippen LogP contribution in [-0.2, 0) is 6.42 Å². The van der Waals surface area contributed by atoms with E-state index >= 15 is 0 Å². The van der Waals surface area contributed by atoms with Crippen molar-refractivity contribution in [2.24, 2.45) is 0 Å². The largest absolute Gasteiger partial charge is 0.496 e. The predicted molar refractivity (Wildman–Crippen MR) is 94.6 cm³/mol. The summed E-state index contributed by atoms with van der Waals surface area (Å²) in [4.78, 5) is 2.49. The minimum Gasteiger partial charge on any atom is -0.496 e. The summed E-state index contributed by atoms with van der Waals surface area (Å²) in [6.45, 7) is 7.12. The van der Waals surface area contributed by atoms with E-state index in [0.29, 0.717) is 18.4 Å². The van der Waals surface area contributed by atoms with E-state index in [1.54, 1.807) is 13.2 Å². The summed E-state index contributed by atoms with van der Waals surface area (Å²) < 4.78 is 25.1. The molecule has 23 heavy (non-hydrogen) atoms. The second kappa shape index (κ2) is 9.99. The topological polar surface area (TPSA) is 21.7 Å². The average Bonchev–Trinajstić information content (AvgIpc) is 2.54. The lowest BCUT2D eigenvalue weighted by atomic mass is 9.99. The van der Waals surface area contributed by atoms with Crippen molar-refractivity contribution in [1.29, 1.82) is 0 Å². The van der Waals surface area contributed by atoms with Gasteiger partial charge in [-0.25, -0.2) is 4.39 Å². The van der Waals surface area contributed by atoms with Crippen LogP contribution in [0.15, 0.2) is 12.1 Å². The van der Waals surface area contributed by atoms with Crippen molar-refractivity contribution >= 4 is 12.4 Å². The summed E-state index contributed by atoms with van der Waals surface area (Å²) in [6.07, 6.45) is 5.60. The van der Waals surface area contributed by atoms with Gasteiger partial charge in [0.1, 0.15) is 12.4 Å². The molecule has 3 nitrogen and oxygen atoms in total. The van der Waals surface area contributed by atoms with Gasteiger partial charge >= 0.3 is 0 Å². The first-order chi connectivity index (χ1) is 10.7. The SMILES string of the molecule is CCCCCN(CCC)C1COc2c(F)ccc(OC)c2C1.Cl. The molecular weight excluding hydrogens is 317 g/mol. The Hall–Kier alpha value is -1.00. The van der Waals surface area contributed by atoms with Gasteiger partial charge in [-0.05, 0) is 44.5 Å². The van der Waals surface area contributed by atoms with Crippen molar-refractivity contribution in [3.8, 4) is 11.5 Å². The number of benzene rings is 1. The Balaban J connectivity index is 0.00000264. The molecule has 0 fully saturated rings. The number of hydrogen-bond acceptors (Lipinski definition) is 3. The van der Waals surface area contributed by atoms with Crippen molar-refractivity contribution < 1.29 is 13.9 Å². The number of halogens is 2. The highest BCUT2D eigenvalue weighted by molar-refractivity contribution is 5.85. The number of rotatable bonds is 8. The minimum absolute atomic E-state index is 0. The van der Waals surface area contributed by atoms with Gasteiger partial charge in [-0.1, -0.05) is 26.7 Å². The van der Waals surface area contributed by atoms with Gasteiger partial charge in [0, 0.05) is 11.6 Å². The third-order valence-corrected chi connectivity index (χ3v) is 4.33. The van der Waals surface area contributed by atoms with Gasteiger partial charge in [-0.3, -0.25) is 4.90 Å². The Morgan fingerprint density at radius 2 is 2.00 bits per heavy atom. The molecule has 1 atom stereocenters. The van der Waals surface area contributed by atoms with Crippen LogP contribution in [0.2, 0.25) is 0 Å². The summed E-state index contributed by atoms with van der Waals surface area (Å²) in [5.41, 5.74) is 0.871. The smallest absolute Gasteiger partial charge is 0.165 e. The van der Waals surface area contributed by atoms with Gasteiger partial charge in [0.25, 0.3) is 0 Å². The third-order valence-electron chi connectivity index (χ3n) is 4.33. The monoisotopic (exact) mass is 345 g/mol. The standard InChI is InChI=1S/C18H28FNO2.ClH/c1-4-6-7-11-20(10-5-2)14-12-15-17(21-3)9-8-16(19)18(15)22-13-14;/h8-9,14H,4-7,10-13H2,1-3H3;1H. The van der Waals surface area contributed by atoms with E-state index in [0.717, 1.165) is 37.2 Å². The van der Waals surface area contributed by atoms with Gasteiger partial charge in [0.05, 0.1) is 7.11 Å². The molecule has 2 rings (SSSR count). The highest BCUT2D eigenvalue weighted by Gasteiger charge is 2.29. The van der Waals surface area contributed by atoms with Gasteiger partial charge in [-0.2, -0.15) is 0 Å². The van der Waals surface area contributed by atoms with Crippen molar-refractivity contribution in [1.82, 2.24) is 4.90 Å². The number of nitrogens with zero attached hydrogens (tertiary/aromatic N) is 1. The zero-order valence-electron chi connectivity index (χ0n) is 14.4. The van der Waals surface area contributed by atoms with Gasteiger partial charge in [0.15, 0.2) is 11.6 Å². The van der Waals surface area contributed by atoms with E-state index in [1.807, 2.05) is 0 Å². The van der Waals surface area contributed by atoms with E-state index in [4.69, 9.17) is 9.47 Å². The molecule has 1 unspecified atom stereocenters. The molecule has 1 aliphatic rings. The van der Waals surface area contributed by atoms with Crippen LogP contribution < -0.4 is 9.47 Å². The van der Waals surface area contributed by atoms with Crippen molar-refractivity contribution in [3.05, 3.63) is 23.5 Å². The molecule has 1 aromatic carbocycles. The Morgan fingerprint density at radius 3 is 2.65 bits per heavy atom. The molecule has 0 N–H and O–H groups in total. The van der Waals surface area contributed by atoms with Crippen LogP contribution in [-0.4, -0.2) is 37.7 Å². The molecule has 132 valence electrons. The fourth-order valence-corrected chi connectivity index (χ4v) is 3.16. The molecule has 0 spiro atoms. The molecule has 1 aliphatic heterocycles. The molecule has 0 saturated carbocycles. The zero-order chi connectivity index (χ0) is 15.9. The molecule has 0 bridgehead atoms. The fourth-order valence-electron chi connectivity index (χ4n) is 3.16. The highest BCUT2D eigenvalue weighted by atomic mass is 35.5. The Kier molecular flexibility index (Phi) is 8.71. The molecule has 0 radical (unpaired) electrons. The minimum atomic E-state index is -0.290. The lowest BCUT2D eigenvalue weighted by molar-refractivity contribution is 0.112. The number of hydrogen-bond donors (Lipinski definition) is 0. The maximum Gasteiger partial charge on any atom is 0.165 e. The quantitative estimate of drug-likeness (QED) is 0.649. The predicted octanol–water partition coefficient (Wildman–Crippen LogP) is 4.46. The van der Waals surface area contributed by atoms with Crippen molar-refractivity contribution in [2.45, 2.75) is 52.0 Å². The second-order valence-electron chi connectivity index (χ2n) is 5.97. The van der Waals surface area contributed by atoms with Crippen LogP contribution in [0.5, 0.6) is 11.5 Å². The van der Waals surface area contributed by atoms with Crippen LogP contribution in [0, 0.1) is 5.82 Å². The molecule has 0 amide bonds. The van der Waals surface area contributed by atoms with Crippen molar-refractivity contribution in [2.75, 3.05) is 26.8 Å². The Labute approximate surface area is 145 Å². The first kappa shape index (κ1) is 20.0. The van der Waals surface area contributed by atoms with E-state index in [9.17, 15) is 4.39 Å². The first-order valence-electron chi connectivity index (χ1n) is 8.43. The molecular formula is C18H29ClFNO2. The van der Waals surface area contributed by atoms with Crippen LogP contribution >= 0.6 is 12.4 Å². The zero-order valence-corrected chi connectivity index (χ0v) is 15.3. The summed E-state index contributed by atoms with van der Waals surface area (Å²) in [7, 11) is 1.63. The maximum atomic E-state index is 13.9. The number of ether oxygens (including phenoxy) is 2. The fraction of sp³-hybridized carbons (Fsp3) is 0.667. The molecule has 0 saturated heterocycles. The molecule has 5 heteroatoms. The normalized spacial score (nSPS) is 16.5. The Bertz CT molecular complexity index is 484. The lowest BCUT2D eigenvalue weighted by Gasteiger charge is -2.35. The summed E-state index contributed by atoms with van der Waals surface area (Å²) >= 11 is 0. The van der Waals surface area contributed by atoms with Crippen LogP contribution in [0.4, 0.5) is 4.39 Å². The molecule has 0 aliphatic carbocycles. The first-order valence-corrected chi connectivity index (χ1v) is 8.43. The van der Waals surface area contributed by atoms with E-state index in [2.05, 4.69) is 18.7 Å². The highest BCUT2D eigenvalue weighted by Crippen LogP contribution is 2.36. The molecule has 0 aromatic heterocycles. The lowest BCUT2D eigenvalue weighted by Crippen LogP contribution is -2.44. The number of unbranched alkanes of at least 4 members (excludes halogenated alkanes) is 2. The molecule has 1 aromatic rings. The Morgan fingerprint density at radius 1 is 1.22 bits per heavy atom. The summed E-state index contributed by atoms with van der Waals surface area (Å²) in [6, 6.07) is 3.42. The third kappa shape index (κ3) is 4.98. The van der Waals surface area contributed by atoms with E-state index < -0.39 is 0 Å². The number of methoxy groups -OCH3 is 1. The van der Waals surface area contributed by atoms with Crippen LogP contribution in [0.1, 0.15) is 45.1 Å². The van der Waals surface area contributed by atoms with Crippen molar-refractivity contribution in [3.63, 3.8) is 0 Å². The second-order valence-corrected chi connectivity index (χ2v) is 5.97. The summed E-state index contributed by atoms with van der Waals surface area (Å²) in [5, 5.41) is 0. The average molecular weight is 346 g/mol. The van der Waals surface area contributed by atoms with Crippen LogP contribution in [0.3, 0.4) is 0 Å². The van der Waals surface area contributed by atoms with Gasteiger partial charge in [-0.15, -0.1) is 12.4 Å². The molecule has 1 heterocycles. The summed E-state index contributed by atoms with van der Waals surface area (Å²) in [5.74, 6) is 0.814. The maximum absolute atomic E-state index is 13.9. The van der Waals surface area contributed by atoms with E-state index in [-0.39, 0.29) is 18.2 Å². The van der Waals surface area contributed by atoms with E-state index in [1.165, 1.54) is 25.3 Å². The van der Waals surface area contributed by atoms with Gasteiger partial charge in [0.2, 0.25) is 0 Å².